The van der Waals surface area contributed by atoms with Gasteiger partial charge in [0.1, 0.15) is 5.82 Å². The number of Topliss-reactive ketones (excluding diaryl/α,β-unsaturated/α-hetero) is 1. The summed E-state index contributed by atoms with van der Waals surface area (Å²) < 4.78 is 0. The van der Waals surface area contributed by atoms with Crippen molar-refractivity contribution >= 4 is 23.5 Å². The van der Waals surface area contributed by atoms with E-state index in [0.717, 1.165) is 42.9 Å². The number of piperidine rings is 1. The summed E-state index contributed by atoms with van der Waals surface area (Å²) in [5.41, 5.74) is 2.59. The minimum atomic E-state index is -0.0378. The van der Waals surface area contributed by atoms with Gasteiger partial charge in [0, 0.05) is 12.1 Å². The molecule has 0 radical (unpaired) electrons. The number of hydrogen-bond donors (Lipinski definition) is 1. The Morgan fingerprint density at radius 1 is 1.27 bits per heavy atom. The van der Waals surface area contributed by atoms with Crippen LogP contribution in [0.1, 0.15) is 55.3 Å². The number of aromatic amines is 1. The molecule has 2 unspecified atom stereocenters. The van der Waals surface area contributed by atoms with Crippen LogP contribution in [0.15, 0.2) is 30.5 Å². The first-order valence-electron chi connectivity index (χ1n) is 9.01. The fourth-order valence-corrected chi connectivity index (χ4v) is 3.69. The highest BCUT2D eigenvalue weighted by Crippen LogP contribution is 2.32. The summed E-state index contributed by atoms with van der Waals surface area (Å²) in [7, 11) is 0. The average molecular weight is 372 g/mol. The Balaban J connectivity index is 1.83. The zero-order chi connectivity index (χ0) is 18.7. The van der Waals surface area contributed by atoms with Gasteiger partial charge < -0.3 is 9.88 Å². The van der Waals surface area contributed by atoms with Crippen molar-refractivity contribution in [3.05, 3.63) is 41.9 Å². The molecule has 1 amide bonds. The maximum absolute atomic E-state index is 12.7. The zero-order valence-electron chi connectivity index (χ0n) is 15.5. The van der Waals surface area contributed by atoms with Gasteiger partial charge in [-0.2, -0.15) is 11.8 Å². The topological polar surface area (TPSA) is 66.1 Å². The molecule has 3 rings (SSSR count). The molecule has 2 atom stereocenters. The van der Waals surface area contributed by atoms with Gasteiger partial charge >= 0.3 is 0 Å². The number of nitrogens with zero attached hydrogens (tertiary/aromatic N) is 2. The summed E-state index contributed by atoms with van der Waals surface area (Å²) in [5, 5.41) is -0.0378. The van der Waals surface area contributed by atoms with Crippen LogP contribution in [0, 0.1) is 0 Å². The van der Waals surface area contributed by atoms with Gasteiger partial charge in [-0.05, 0) is 44.9 Å². The van der Waals surface area contributed by atoms with Crippen LogP contribution < -0.4 is 0 Å². The molecule has 0 bridgehead atoms. The van der Waals surface area contributed by atoms with Crippen LogP contribution in [-0.4, -0.2) is 44.6 Å². The Bertz CT molecular complexity index is 785. The van der Waals surface area contributed by atoms with Crippen LogP contribution >= 0.6 is 11.8 Å². The van der Waals surface area contributed by atoms with E-state index in [1.165, 1.54) is 0 Å². The molecule has 0 aliphatic carbocycles. The highest BCUT2D eigenvalue weighted by atomic mass is 32.2. The molecule has 1 aliphatic heterocycles. The molecule has 5 nitrogen and oxygen atoms in total. The number of benzene rings is 1. The van der Waals surface area contributed by atoms with E-state index >= 15 is 0 Å². The summed E-state index contributed by atoms with van der Waals surface area (Å²) in [5.74, 6) is 1.09. The van der Waals surface area contributed by atoms with Crippen molar-refractivity contribution in [2.24, 2.45) is 0 Å². The van der Waals surface area contributed by atoms with Crippen LogP contribution in [0.3, 0.4) is 0 Å². The Kier molecular flexibility index (Phi) is 5.81. The van der Waals surface area contributed by atoms with Crippen LogP contribution in [0.25, 0.3) is 11.3 Å². The number of aromatic nitrogens is 2. The number of thioether (sulfide) groups is 1. The molecule has 1 N–H and O–H groups in total. The number of imidazole rings is 1. The highest BCUT2D eigenvalue weighted by molar-refractivity contribution is 7.99. The van der Waals surface area contributed by atoms with E-state index in [2.05, 4.69) is 9.97 Å². The first-order valence-corrected chi connectivity index (χ1v) is 10.3. The molecular weight excluding hydrogens is 346 g/mol. The molecule has 1 aromatic heterocycles. The van der Waals surface area contributed by atoms with Crippen LogP contribution in [0.2, 0.25) is 0 Å². The molecule has 1 aromatic carbocycles. The summed E-state index contributed by atoms with van der Waals surface area (Å²) >= 11 is 1.58. The quantitative estimate of drug-likeness (QED) is 0.804. The first-order chi connectivity index (χ1) is 12.5. The average Bonchev–Trinajstić information content (AvgIpc) is 3.17. The van der Waals surface area contributed by atoms with Gasteiger partial charge in [-0.25, -0.2) is 4.98 Å². The summed E-state index contributed by atoms with van der Waals surface area (Å²) in [6, 6.07) is 7.52. The number of carbonyl (C=O) groups excluding carboxylic acids is 2. The van der Waals surface area contributed by atoms with Crippen molar-refractivity contribution in [2.45, 2.75) is 44.4 Å². The number of amides is 1. The second-order valence-corrected chi connectivity index (χ2v) is 7.92. The van der Waals surface area contributed by atoms with E-state index in [1.54, 1.807) is 18.7 Å². The highest BCUT2D eigenvalue weighted by Gasteiger charge is 2.32. The third-order valence-electron chi connectivity index (χ3n) is 5.00. The summed E-state index contributed by atoms with van der Waals surface area (Å²) in [6.07, 6.45) is 6.86. The molecule has 1 aliphatic rings. The lowest BCUT2D eigenvalue weighted by Gasteiger charge is -2.36. The Morgan fingerprint density at radius 2 is 2.00 bits per heavy atom. The van der Waals surface area contributed by atoms with Crippen LogP contribution in [0.4, 0.5) is 0 Å². The second kappa shape index (κ2) is 8.08. The number of carbonyl (C=O) groups is 2. The summed E-state index contributed by atoms with van der Waals surface area (Å²) in [4.78, 5) is 34.1. The van der Waals surface area contributed by atoms with Crippen molar-refractivity contribution in [1.82, 2.24) is 14.9 Å². The molecule has 0 spiro atoms. The van der Waals surface area contributed by atoms with Gasteiger partial charge in [-0.3, -0.25) is 9.59 Å². The molecular formula is C20H25N3O2S. The maximum Gasteiger partial charge on any atom is 0.236 e. The van der Waals surface area contributed by atoms with E-state index in [4.69, 9.17) is 0 Å². The second-order valence-electron chi connectivity index (χ2n) is 6.74. The van der Waals surface area contributed by atoms with E-state index in [-0.39, 0.29) is 23.0 Å². The van der Waals surface area contributed by atoms with Gasteiger partial charge in [0.15, 0.2) is 5.78 Å². The van der Waals surface area contributed by atoms with Crippen molar-refractivity contribution < 1.29 is 9.59 Å². The molecule has 2 aromatic rings. The minimum Gasteiger partial charge on any atom is -0.340 e. The number of nitrogens with one attached hydrogen (secondary N) is 1. The molecule has 1 saturated heterocycles. The lowest BCUT2D eigenvalue weighted by Crippen LogP contribution is -2.42. The number of H-pyrrole nitrogens is 1. The predicted molar refractivity (Wildman–Crippen MR) is 105 cm³/mol. The molecule has 6 heteroatoms. The van der Waals surface area contributed by atoms with Gasteiger partial charge in [-0.15, -0.1) is 0 Å². The van der Waals surface area contributed by atoms with Gasteiger partial charge in [0.05, 0.1) is 23.2 Å². The molecule has 138 valence electrons. The van der Waals surface area contributed by atoms with Gasteiger partial charge in [-0.1, -0.05) is 24.3 Å². The van der Waals surface area contributed by atoms with Crippen LogP contribution in [-0.2, 0) is 4.79 Å². The van der Waals surface area contributed by atoms with Crippen LogP contribution in [0.5, 0.6) is 0 Å². The van der Waals surface area contributed by atoms with E-state index in [1.807, 2.05) is 48.5 Å². The molecule has 1 fully saturated rings. The first kappa shape index (κ1) is 18.7. The molecule has 26 heavy (non-hydrogen) atoms. The Morgan fingerprint density at radius 3 is 2.65 bits per heavy atom. The predicted octanol–water partition coefficient (Wildman–Crippen LogP) is 4.08. The third kappa shape index (κ3) is 3.85. The molecule has 0 saturated carbocycles. The lowest BCUT2D eigenvalue weighted by molar-refractivity contribution is -0.134. The SMILES string of the molecule is CSC(C)C(=O)N1CCCCC1c1ncc(-c2ccc(C(C)=O)cc2)[nH]1. The third-order valence-corrected chi connectivity index (χ3v) is 5.91. The van der Waals surface area contributed by atoms with E-state index < -0.39 is 0 Å². The zero-order valence-corrected chi connectivity index (χ0v) is 16.3. The Labute approximate surface area is 158 Å². The normalized spacial score (nSPS) is 18.6. The van der Waals surface area contributed by atoms with Crippen molar-refractivity contribution in [3.63, 3.8) is 0 Å². The maximum atomic E-state index is 12.7. The molecule has 2 heterocycles. The standard InChI is InChI=1S/C20H25N3O2S/c1-13(24)15-7-9-16(10-8-15)17-12-21-19(22-17)18-6-4-5-11-23(18)20(25)14(2)26-3/h7-10,12,14,18H,4-6,11H2,1-3H3,(H,21,22). The lowest BCUT2D eigenvalue weighted by atomic mass is 10.0. The van der Waals surface area contributed by atoms with Crippen molar-refractivity contribution in [2.75, 3.05) is 12.8 Å². The minimum absolute atomic E-state index is 0.0103. The largest absolute Gasteiger partial charge is 0.340 e. The van der Waals surface area contributed by atoms with Crippen molar-refractivity contribution in [3.8, 4) is 11.3 Å². The summed E-state index contributed by atoms with van der Waals surface area (Å²) in [6.45, 7) is 4.31. The van der Waals surface area contributed by atoms with Crippen molar-refractivity contribution in [1.29, 1.82) is 0 Å². The number of rotatable bonds is 5. The number of ketones is 1. The number of hydrogen-bond acceptors (Lipinski definition) is 4. The number of likely N-dealkylation sites (tertiary alicyclic amines) is 1. The van der Waals surface area contributed by atoms with E-state index in [9.17, 15) is 9.59 Å². The fraction of sp³-hybridized carbons (Fsp3) is 0.450. The smallest absolute Gasteiger partial charge is 0.236 e. The van der Waals surface area contributed by atoms with Gasteiger partial charge in [0.25, 0.3) is 0 Å². The van der Waals surface area contributed by atoms with E-state index in [0.29, 0.717) is 5.56 Å². The monoisotopic (exact) mass is 371 g/mol. The van der Waals surface area contributed by atoms with Gasteiger partial charge in [0.2, 0.25) is 5.91 Å². The fourth-order valence-electron chi connectivity index (χ4n) is 3.35. The Hall–Kier alpha value is -2.08.